The zero-order chi connectivity index (χ0) is 28.0. The first kappa shape index (κ1) is 28.7. The first-order chi connectivity index (χ1) is 18.7. The molecule has 4 rings (SSSR count). The lowest BCUT2D eigenvalue weighted by Crippen LogP contribution is -2.43. The number of hydrogen-bond donors (Lipinski definition) is 4. The molecule has 0 saturated carbocycles. The summed E-state index contributed by atoms with van der Waals surface area (Å²) in [7, 11) is 1.58. The molecule has 0 spiro atoms. The number of carboxylic acid groups (broad SMARTS) is 1. The molecular formula is C29H36F2N4O4. The number of aromatic nitrogens is 1. The van der Waals surface area contributed by atoms with E-state index in [4.69, 9.17) is 10.5 Å². The monoisotopic (exact) mass is 542 g/mol. The molecule has 0 unspecified atom stereocenters. The lowest BCUT2D eigenvalue weighted by molar-refractivity contribution is -0.141. The van der Waals surface area contributed by atoms with Crippen LogP contribution >= 0.6 is 0 Å². The predicted molar refractivity (Wildman–Crippen MR) is 146 cm³/mol. The minimum atomic E-state index is -0.852. The fourth-order valence-corrected chi connectivity index (χ4v) is 5.61. The highest BCUT2D eigenvalue weighted by Gasteiger charge is 2.37. The number of pyridine rings is 1. The maximum absolute atomic E-state index is 13.4. The summed E-state index contributed by atoms with van der Waals surface area (Å²) in [4.78, 5) is 18.5. The number of fused-ring (bicyclic) bond motifs is 1. The van der Waals surface area contributed by atoms with Crippen LogP contribution in [0.3, 0.4) is 0 Å². The van der Waals surface area contributed by atoms with Gasteiger partial charge >= 0.3 is 5.97 Å². The molecule has 0 radical (unpaired) electrons. The van der Waals surface area contributed by atoms with Crippen LogP contribution in [0.5, 0.6) is 5.75 Å². The van der Waals surface area contributed by atoms with E-state index in [-0.39, 0.29) is 13.0 Å². The third kappa shape index (κ3) is 7.20. The fraction of sp³-hybridized carbons (Fsp3) is 0.448. The third-order valence-corrected chi connectivity index (χ3v) is 7.76. The molecule has 10 heteroatoms. The maximum Gasteiger partial charge on any atom is 0.303 e. The van der Waals surface area contributed by atoms with Crippen LogP contribution in [0.1, 0.15) is 49.3 Å². The number of carbonyl (C=O) groups is 1. The van der Waals surface area contributed by atoms with Gasteiger partial charge in [0.1, 0.15) is 17.4 Å². The number of ether oxygens (including phenoxy) is 1. The van der Waals surface area contributed by atoms with Crippen LogP contribution in [0.4, 0.5) is 14.5 Å². The number of piperidine rings is 1. The molecule has 1 saturated heterocycles. The van der Waals surface area contributed by atoms with Gasteiger partial charge in [-0.3, -0.25) is 9.78 Å². The number of rotatable bonds is 12. The van der Waals surface area contributed by atoms with E-state index in [1.165, 1.54) is 12.1 Å². The van der Waals surface area contributed by atoms with Gasteiger partial charge in [-0.05, 0) is 85.6 Å². The Balaban J connectivity index is 1.40. The number of halogens is 2. The molecule has 2 aromatic carbocycles. The molecule has 1 fully saturated rings. The summed E-state index contributed by atoms with van der Waals surface area (Å²) >= 11 is 0. The summed E-state index contributed by atoms with van der Waals surface area (Å²) in [6, 6.07) is 8.83. The number of carboxylic acids is 1. The smallest absolute Gasteiger partial charge is 0.303 e. The van der Waals surface area contributed by atoms with Crippen LogP contribution in [0, 0.1) is 17.0 Å². The molecule has 1 aromatic heterocycles. The van der Waals surface area contributed by atoms with Gasteiger partial charge in [-0.1, -0.05) is 0 Å². The van der Waals surface area contributed by atoms with Gasteiger partial charge in [0, 0.05) is 43.0 Å². The highest BCUT2D eigenvalue weighted by Crippen LogP contribution is 2.42. The standard InChI is InChI=1S/C29H36F2N4O4/c1-39-23-2-3-25-24(15-23)28(19(17-32)18-34-25)26(36)4-5-29(16-27(37)38)6-9-35(10-7-29)11-8-33-22-13-20(30)12-21(31)14-22/h2-3,12-15,18,26,33,36H,4-11,16-17,32H2,1H3,(H,37,38)/t26-/m0/s1. The highest BCUT2D eigenvalue weighted by atomic mass is 19.1. The molecule has 8 nitrogen and oxygen atoms in total. The van der Waals surface area contributed by atoms with E-state index >= 15 is 0 Å². The van der Waals surface area contributed by atoms with Crippen molar-refractivity contribution in [3.05, 3.63) is 65.4 Å². The molecule has 2 heterocycles. The molecule has 0 aliphatic carbocycles. The lowest BCUT2D eigenvalue weighted by atomic mass is 9.71. The summed E-state index contributed by atoms with van der Waals surface area (Å²) < 4.78 is 32.2. The summed E-state index contributed by atoms with van der Waals surface area (Å²) in [5, 5.41) is 24.9. The molecule has 1 atom stereocenters. The van der Waals surface area contributed by atoms with Crippen LogP contribution in [-0.4, -0.2) is 59.4 Å². The van der Waals surface area contributed by atoms with Crippen molar-refractivity contribution in [2.24, 2.45) is 11.1 Å². The number of likely N-dealkylation sites (tertiary alicyclic amines) is 1. The Morgan fingerprint density at radius 1 is 1.21 bits per heavy atom. The Labute approximate surface area is 226 Å². The lowest BCUT2D eigenvalue weighted by Gasteiger charge is -2.41. The Hall–Kier alpha value is -3.34. The average Bonchev–Trinajstić information content (AvgIpc) is 2.91. The first-order valence-corrected chi connectivity index (χ1v) is 13.2. The second kappa shape index (κ2) is 12.7. The predicted octanol–water partition coefficient (Wildman–Crippen LogP) is 4.46. The second-order valence-electron chi connectivity index (χ2n) is 10.3. The number of aliphatic hydroxyl groups is 1. The van der Waals surface area contributed by atoms with Crippen molar-refractivity contribution in [3.63, 3.8) is 0 Å². The van der Waals surface area contributed by atoms with Crippen molar-refractivity contribution in [1.82, 2.24) is 9.88 Å². The molecular weight excluding hydrogens is 506 g/mol. The van der Waals surface area contributed by atoms with Crippen LogP contribution in [0.15, 0.2) is 42.6 Å². The molecule has 0 amide bonds. The fourth-order valence-electron chi connectivity index (χ4n) is 5.61. The third-order valence-electron chi connectivity index (χ3n) is 7.76. The molecule has 39 heavy (non-hydrogen) atoms. The maximum atomic E-state index is 13.4. The van der Waals surface area contributed by atoms with Gasteiger partial charge in [0.15, 0.2) is 0 Å². The Morgan fingerprint density at radius 2 is 1.92 bits per heavy atom. The Kier molecular flexibility index (Phi) is 9.32. The van der Waals surface area contributed by atoms with Gasteiger partial charge in [-0.15, -0.1) is 0 Å². The van der Waals surface area contributed by atoms with Crippen LogP contribution in [0.25, 0.3) is 10.9 Å². The van der Waals surface area contributed by atoms with Crippen molar-refractivity contribution in [2.45, 2.75) is 44.8 Å². The van der Waals surface area contributed by atoms with Crippen molar-refractivity contribution < 1.29 is 28.5 Å². The van der Waals surface area contributed by atoms with Gasteiger partial charge < -0.3 is 30.9 Å². The zero-order valence-corrected chi connectivity index (χ0v) is 22.1. The summed E-state index contributed by atoms with van der Waals surface area (Å²) in [6.45, 7) is 2.79. The van der Waals surface area contributed by atoms with Gasteiger partial charge in [0.05, 0.1) is 25.2 Å². The molecule has 210 valence electrons. The minimum absolute atomic E-state index is 0.0308. The van der Waals surface area contributed by atoms with E-state index in [0.717, 1.165) is 22.5 Å². The second-order valence-corrected chi connectivity index (χ2v) is 10.3. The molecule has 5 N–H and O–H groups in total. The highest BCUT2D eigenvalue weighted by molar-refractivity contribution is 5.85. The molecule has 0 bridgehead atoms. The Morgan fingerprint density at radius 3 is 2.56 bits per heavy atom. The quantitative estimate of drug-likeness (QED) is 0.265. The summed E-state index contributed by atoms with van der Waals surface area (Å²) in [5.74, 6) is -1.46. The van der Waals surface area contributed by atoms with Crippen molar-refractivity contribution >= 4 is 22.6 Å². The number of methoxy groups -OCH3 is 1. The van der Waals surface area contributed by atoms with Gasteiger partial charge in [-0.2, -0.15) is 0 Å². The number of nitrogens with one attached hydrogen (secondary N) is 1. The van der Waals surface area contributed by atoms with E-state index in [0.29, 0.717) is 68.9 Å². The number of hydrogen-bond acceptors (Lipinski definition) is 7. The average molecular weight is 543 g/mol. The number of nitrogens with two attached hydrogens (primary N) is 1. The molecule has 3 aromatic rings. The normalized spacial score (nSPS) is 16.2. The van der Waals surface area contributed by atoms with Crippen LogP contribution in [0.2, 0.25) is 0 Å². The number of aliphatic hydroxyl groups excluding tert-OH is 1. The van der Waals surface area contributed by atoms with Crippen molar-refractivity contribution in [3.8, 4) is 5.75 Å². The number of anilines is 1. The topological polar surface area (TPSA) is 121 Å². The number of nitrogens with zero attached hydrogens (tertiary/aromatic N) is 2. The van der Waals surface area contributed by atoms with Crippen molar-refractivity contribution in [1.29, 1.82) is 0 Å². The van der Waals surface area contributed by atoms with Crippen LogP contribution in [-0.2, 0) is 11.3 Å². The van der Waals surface area contributed by atoms with E-state index in [1.54, 1.807) is 13.3 Å². The first-order valence-electron chi connectivity index (χ1n) is 13.2. The summed E-state index contributed by atoms with van der Waals surface area (Å²) in [5.41, 5.74) is 8.11. The van der Waals surface area contributed by atoms with E-state index in [1.807, 2.05) is 18.2 Å². The SMILES string of the molecule is COc1ccc2ncc(CN)c([C@@H](O)CCC3(CC(=O)O)CCN(CCNc4cc(F)cc(F)c4)CC3)c2c1. The minimum Gasteiger partial charge on any atom is -0.497 e. The summed E-state index contributed by atoms with van der Waals surface area (Å²) in [6.07, 6.45) is 3.18. The van der Waals surface area contributed by atoms with E-state index in [9.17, 15) is 23.8 Å². The van der Waals surface area contributed by atoms with E-state index in [2.05, 4.69) is 15.2 Å². The largest absolute Gasteiger partial charge is 0.497 e. The molecule has 1 aliphatic heterocycles. The number of benzene rings is 2. The molecule has 1 aliphatic rings. The van der Waals surface area contributed by atoms with Gasteiger partial charge in [-0.25, -0.2) is 8.78 Å². The van der Waals surface area contributed by atoms with Gasteiger partial charge in [0.2, 0.25) is 0 Å². The van der Waals surface area contributed by atoms with Crippen LogP contribution < -0.4 is 15.8 Å². The van der Waals surface area contributed by atoms with Gasteiger partial charge in [0.25, 0.3) is 0 Å². The Bertz CT molecular complexity index is 1270. The van der Waals surface area contributed by atoms with E-state index < -0.39 is 29.1 Å². The van der Waals surface area contributed by atoms with Crippen molar-refractivity contribution in [2.75, 3.05) is 38.6 Å². The number of aliphatic carboxylic acids is 1. The zero-order valence-electron chi connectivity index (χ0n) is 22.1.